The Kier molecular flexibility index (Phi) is 6.00. The molecule has 0 bridgehead atoms. The molecule has 0 fully saturated rings. The standard InChI is InChI=1S/C12H16BrNO3/c1-9(6-7-15)14-12(16)8-17-11-4-2-10(13)3-5-11/h2-5,9,15H,6-8H2,1H3,(H,14,16)/t9-/m1/s1. The SMILES string of the molecule is C[C@H](CCO)NC(=O)COc1ccc(Br)cc1. The number of carbonyl (C=O) groups is 1. The van der Waals surface area contributed by atoms with Gasteiger partial charge in [-0.1, -0.05) is 15.9 Å². The molecule has 1 aromatic rings. The Labute approximate surface area is 109 Å². The molecular formula is C12H16BrNO3. The van der Waals surface area contributed by atoms with Gasteiger partial charge < -0.3 is 15.2 Å². The normalized spacial score (nSPS) is 11.9. The molecule has 1 aromatic carbocycles. The summed E-state index contributed by atoms with van der Waals surface area (Å²) in [5, 5.41) is 11.4. The molecule has 0 aliphatic heterocycles. The zero-order chi connectivity index (χ0) is 12.7. The van der Waals surface area contributed by atoms with Gasteiger partial charge in [-0.3, -0.25) is 4.79 Å². The Morgan fingerprint density at radius 3 is 2.71 bits per heavy atom. The van der Waals surface area contributed by atoms with Gasteiger partial charge in [-0.15, -0.1) is 0 Å². The maximum atomic E-state index is 11.4. The average molecular weight is 302 g/mol. The first-order chi connectivity index (χ1) is 8.11. The molecule has 1 atom stereocenters. The summed E-state index contributed by atoms with van der Waals surface area (Å²) in [5.74, 6) is 0.465. The summed E-state index contributed by atoms with van der Waals surface area (Å²) in [6.45, 7) is 1.89. The number of amides is 1. The van der Waals surface area contributed by atoms with Gasteiger partial charge in [0.25, 0.3) is 5.91 Å². The predicted molar refractivity (Wildman–Crippen MR) is 68.9 cm³/mol. The van der Waals surface area contributed by atoms with Gasteiger partial charge in [0.05, 0.1) is 0 Å². The van der Waals surface area contributed by atoms with Crippen LogP contribution in [0.4, 0.5) is 0 Å². The lowest BCUT2D eigenvalue weighted by molar-refractivity contribution is -0.123. The summed E-state index contributed by atoms with van der Waals surface area (Å²) in [7, 11) is 0. The molecule has 0 aliphatic rings. The molecule has 0 aliphatic carbocycles. The van der Waals surface area contributed by atoms with Crippen molar-refractivity contribution in [2.75, 3.05) is 13.2 Å². The first kappa shape index (κ1) is 14.0. The third kappa shape index (κ3) is 5.70. The van der Waals surface area contributed by atoms with E-state index in [1.807, 2.05) is 19.1 Å². The number of halogens is 1. The Morgan fingerprint density at radius 1 is 1.47 bits per heavy atom. The molecule has 4 nitrogen and oxygen atoms in total. The van der Waals surface area contributed by atoms with Crippen molar-refractivity contribution in [3.8, 4) is 5.75 Å². The van der Waals surface area contributed by atoms with E-state index in [2.05, 4.69) is 21.2 Å². The zero-order valence-electron chi connectivity index (χ0n) is 9.65. The molecule has 1 amide bonds. The highest BCUT2D eigenvalue weighted by Gasteiger charge is 2.07. The number of carbonyl (C=O) groups excluding carboxylic acids is 1. The number of aliphatic hydroxyl groups excluding tert-OH is 1. The van der Waals surface area contributed by atoms with E-state index in [0.29, 0.717) is 12.2 Å². The largest absolute Gasteiger partial charge is 0.484 e. The number of ether oxygens (including phenoxy) is 1. The maximum absolute atomic E-state index is 11.4. The van der Waals surface area contributed by atoms with Crippen LogP contribution >= 0.6 is 15.9 Å². The van der Waals surface area contributed by atoms with Gasteiger partial charge in [0.15, 0.2) is 6.61 Å². The van der Waals surface area contributed by atoms with E-state index in [4.69, 9.17) is 9.84 Å². The second-order valence-electron chi connectivity index (χ2n) is 3.72. The molecule has 94 valence electrons. The van der Waals surface area contributed by atoms with E-state index < -0.39 is 0 Å². The van der Waals surface area contributed by atoms with Gasteiger partial charge in [0.1, 0.15) is 5.75 Å². The van der Waals surface area contributed by atoms with Crippen LogP contribution in [-0.2, 0) is 4.79 Å². The summed E-state index contributed by atoms with van der Waals surface area (Å²) in [6.07, 6.45) is 0.546. The highest BCUT2D eigenvalue weighted by molar-refractivity contribution is 9.10. The third-order valence-corrected chi connectivity index (χ3v) is 2.68. The monoisotopic (exact) mass is 301 g/mol. The van der Waals surface area contributed by atoms with Crippen LogP contribution < -0.4 is 10.1 Å². The van der Waals surface area contributed by atoms with Crippen molar-refractivity contribution in [3.63, 3.8) is 0 Å². The highest BCUT2D eigenvalue weighted by atomic mass is 79.9. The van der Waals surface area contributed by atoms with E-state index in [1.54, 1.807) is 12.1 Å². The van der Waals surface area contributed by atoms with Gasteiger partial charge in [-0.05, 0) is 37.6 Å². The summed E-state index contributed by atoms with van der Waals surface area (Å²) < 4.78 is 6.27. The fourth-order valence-corrected chi connectivity index (χ4v) is 1.53. The highest BCUT2D eigenvalue weighted by Crippen LogP contribution is 2.15. The Balaban J connectivity index is 2.30. The Bertz CT molecular complexity index is 353. The van der Waals surface area contributed by atoms with Crippen LogP contribution in [-0.4, -0.2) is 30.3 Å². The second-order valence-corrected chi connectivity index (χ2v) is 4.64. The molecule has 2 N–H and O–H groups in total. The molecule has 0 aromatic heterocycles. The van der Waals surface area contributed by atoms with Crippen molar-refractivity contribution in [2.45, 2.75) is 19.4 Å². The minimum atomic E-state index is -0.186. The Morgan fingerprint density at radius 2 is 2.12 bits per heavy atom. The number of benzene rings is 1. The minimum absolute atomic E-state index is 0.0165. The lowest BCUT2D eigenvalue weighted by Gasteiger charge is -2.12. The van der Waals surface area contributed by atoms with Crippen molar-refractivity contribution in [1.82, 2.24) is 5.32 Å². The number of rotatable bonds is 6. The molecule has 17 heavy (non-hydrogen) atoms. The van der Waals surface area contributed by atoms with E-state index >= 15 is 0 Å². The molecule has 0 unspecified atom stereocenters. The second kappa shape index (κ2) is 7.29. The fourth-order valence-electron chi connectivity index (χ4n) is 1.26. The lowest BCUT2D eigenvalue weighted by Crippen LogP contribution is -2.36. The molecule has 0 spiro atoms. The van der Waals surface area contributed by atoms with Crippen LogP contribution in [0.15, 0.2) is 28.7 Å². The summed E-state index contributed by atoms with van der Waals surface area (Å²) >= 11 is 3.32. The molecular weight excluding hydrogens is 286 g/mol. The lowest BCUT2D eigenvalue weighted by atomic mass is 10.2. The molecule has 1 rings (SSSR count). The predicted octanol–water partition coefficient (Wildman–Crippen LogP) is 1.71. The number of hydrogen-bond acceptors (Lipinski definition) is 3. The summed E-state index contributed by atoms with van der Waals surface area (Å²) in [5.41, 5.74) is 0. The van der Waals surface area contributed by atoms with Crippen LogP contribution in [0.3, 0.4) is 0 Å². The van der Waals surface area contributed by atoms with Crippen molar-refractivity contribution < 1.29 is 14.6 Å². The van der Waals surface area contributed by atoms with Crippen LogP contribution in [0.2, 0.25) is 0 Å². The van der Waals surface area contributed by atoms with Gasteiger partial charge in [0.2, 0.25) is 0 Å². The van der Waals surface area contributed by atoms with Crippen LogP contribution in [0.1, 0.15) is 13.3 Å². The summed E-state index contributed by atoms with van der Waals surface area (Å²) in [6, 6.07) is 7.23. The number of aliphatic hydroxyl groups is 1. The van der Waals surface area contributed by atoms with Crippen LogP contribution in [0.25, 0.3) is 0 Å². The quantitative estimate of drug-likeness (QED) is 0.841. The van der Waals surface area contributed by atoms with Crippen molar-refractivity contribution in [3.05, 3.63) is 28.7 Å². The Hall–Kier alpha value is -1.07. The molecule has 5 heteroatoms. The smallest absolute Gasteiger partial charge is 0.258 e. The van der Waals surface area contributed by atoms with E-state index in [1.165, 1.54) is 0 Å². The van der Waals surface area contributed by atoms with Crippen LogP contribution in [0, 0.1) is 0 Å². The molecule has 0 heterocycles. The maximum Gasteiger partial charge on any atom is 0.258 e. The van der Waals surface area contributed by atoms with Gasteiger partial charge in [-0.25, -0.2) is 0 Å². The average Bonchev–Trinajstić information content (AvgIpc) is 2.28. The van der Waals surface area contributed by atoms with Crippen molar-refractivity contribution in [2.24, 2.45) is 0 Å². The van der Waals surface area contributed by atoms with E-state index in [9.17, 15) is 4.79 Å². The summed E-state index contributed by atoms with van der Waals surface area (Å²) in [4.78, 5) is 11.4. The minimum Gasteiger partial charge on any atom is -0.484 e. The van der Waals surface area contributed by atoms with Gasteiger partial charge >= 0.3 is 0 Å². The first-order valence-electron chi connectivity index (χ1n) is 5.40. The third-order valence-electron chi connectivity index (χ3n) is 2.15. The van der Waals surface area contributed by atoms with Gasteiger partial charge in [0, 0.05) is 17.1 Å². The topological polar surface area (TPSA) is 58.6 Å². The van der Waals surface area contributed by atoms with Gasteiger partial charge in [-0.2, -0.15) is 0 Å². The first-order valence-corrected chi connectivity index (χ1v) is 6.19. The molecule has 0 saturated heterocycles. The molecule has 0 saturated carbocycles. The molecule has 0 radical (unpaired) electrons. The van der Waals surface area contributed by atoms with Crippen molar-refractivity contribution >= 4 is 21.8 Å². The fraction of sp³-hybridized carbons (Fsp3) is 0.417. The van der Waals surface area contributed by atoms with Crippen molar-refractivity contribution in [1.29, 1.82) is 0 Å². The van der Waals surface area contributed by atoms with Crippen LogP contribution in [0.5, 0.6) is 5.75 Å². The van der Waals surface area contributed by atoms with E-state index in [0.717, 1.165) is 4.47 Å². The zero-order valence-corrected chi connectivity index (χ0v) is 11.2. The van der Waals surface area contributed by atoms with E-state index in [-0.39, 0.29) is 25.2 Å². The number of nitrogens with one attached hydrogen (secondary N) is 1. The number of hydrogen-bond donors (Lipinski definition) is 2.